The average molecular weight is 619 g/mol. The number of amides is 2. The number of aromatic nitrogens is 1. The Morgan fingerprint density at radius 1 is 0.864 bits per heavy atom. The van der Waals surface area contributed by atoms with E-state index in [2.05, 4.69) is 27.3 Å². The first-order valence-electron chi connectivity index (χ1n) is 14.9. The molecule has 2 aliphatic heterocycles. The maximum absolute atomic E-state index is 13.1. The SMILES string of the molecule is COc1ccc(CN2CCC(NC(=O)c3ccc(C(=O)N4CCC(C(=O)c5ccc(S(C)(=O)=O)cc5)CC4)cn3)CC2)cc1. The molecule has 0 saturated carbocycles. The van der Waals surface area contributed by atoms with Crippen molar-refractivity contribution in [2.75, 3.05) is 39.5 Å². The van der Waals surface area contributed by atoms with E-state index in [-0.39, 0.29) is 40.1 Å². The van der Waals surface area contributed by atoms with E-state index in [0.29, 0.717) is 37.1 Å². The Bertz CT molecular complexity index is 1570. The summed E-state index contributed by atoms with van der Waals surface area (Å²) in [6, 6.07) is 17.3. The third-order valence-electron chi connectivity index (χ3n) is 8.45. The van der Waals surface area contributed by atoms with Gasteiger partial charge in [0.05, 0.1) is 17.6 Å². The van der Waals surface area contributed by atoms with Gasteiger partial charge in [0.15, 0.2) is 15.6 Å². The summed E-state index contributed by atoms with van der Waals surface area (Å²) < 4.78 is 28.6. The molecule has 2 aromatic carbocycles. The number of ketones is 1. The van der Waals surface area contributed by atoms with Crippen LogP contribution in [0.15, 0.2) is 71.8 Å². The smallest absolute Gasteiger partial charge is 0.270 e. The maximum atomic E-state index is 13.1. The zero-order valence-electron chi connectivity index (χ0n) is 25.1. The lowest BCUT2D eigenvalue weighted by atomic mass is 9.88. The van der Waals surface area contributed by atoms with Gasteiger partial charge < -0.3 is 15.0 Å². The van der Waals surface area contributed by atoms with Crippen molar-refractivity contribution in [3.8, 4) is 5.75 Å². The highest BCUT2D eigenvalue weighted by Gasteiger charge is 2.29. The lowest BCUT2D eigenvalue weighted by molar-refractivity contribution is 0.0649. The van der Waals surface area contributed by atoms with Crippen molar-refractivity contribution in [3.05, 3.63) is 89.2 Å². The van der Waals surface area contributed by atoms with Crippen molar-refractivity contribution in [3.63, 3.8) is 0 Å². The zero-order chi connectivity index (χ0) is 31.3. The quantitative estimate of drug-likeness (QED) is 0.361. The standard InChI is InChI=1S/C33H38N4O6S/c1-43-28-8-3-23(4-9-28)22-36-17-15-27(16-18-36)35-32(39)30-12-7-26(21-34-30)33(40)37-19-13-25(14-20-37)31(38)24-5-10-29(11-6-24)44(2,41)42/h3-12,21,25,27H,13-20,22H2,1-2H3,(H,35,39). The van der Waals surface area contributed by atoms with Gasteiger partial charge in [-0.1, -0.05) is 24.3 Å². The van der Waals surface area contributed by atoms with Crippen LogP contribution in [0.3, 0.4) is 0 Å². The van der Waals surface area contributed by atoms with Crippen LogP contribution < -0.4 is 10.1 Å². The number of methoxy groups -OCH3 is 1. The number of ether oxygens (including phenoxy) is 1. The maximum Gasteiger partial charge on any atom is 0.270 e. The number of rotatable bonds is 9. The Labute approximate surface area is 258 Å². The normalized spacial score (nSPS) is 16.8. The fraction of sp³-hybridized carbons (Fsp3) is 0.394. The molecule has 232 valence electrons. The number of hydrogen-bond donors (Lipinski definition) is 1. The van der Waals surface area contributed by atoms with Gasteiger partial charge >= 0.3 is 0 Å². The van der Waals surface area contributed by atoms with Gasteiger partial charge in [0.1, 0.15) is 11.4 Å². The summed E-state index contributed by atoms with van der Waals surface area (Å²) >= 11 is 0. The van der Waals surface area contributed by atoms with Crippen LogP contribution in [0.2, 0.25) is 0 Å². The minimum absolute atomic E-state index is 0.0444. The van der Waals surface area contributed by atoms with Crippen molar-refractivity contribution >= 4 is 27.4 Å². The fourth-order valence-electron chi connectivity index (χ4n) is 5.77. The van der Waals surface area contributed by atoms with Crippen molar-refractivity contribution in [2.24, 2.45) is 5.92 Å². The first-order chi connectivity index (χ1) is 21.1. The molecule has 0 unspecified atom stereocenters. The van der Waals surface area contributed by atoms with Crippen molar-refractivity contribution in [2.45, 2.75) is 43.2 Å². The molecule has 0 radical (unpaired) electrons. The number of nitrogens with one attached hydrogen (secondary N) is 1. The number of hydrogen-bond acceptors (Lipinski definition) is 8. The second-order valence-corrected chi connectivity index (χ2v) is 13.5. The molecule has 2 aliphatic rings. The van der Waals surface area contributed by atoms with E-state index in [1.807, 2.05) is 12.1 Å². The monoisotopic (exact) mass is 618 g/mol. The van der Waals surface area contributed by atoms with Crippen molar-refractivity contribution in [1.82, 2.24) is 20.1 Å². The van der Waals surface area contributed by atoms with Crippen molar-refractivity contribution < 1.29 is 27.5 Å². The van der Waals surface area contributed by atoms with Gasteiger partial charge in [0.25, 0.3) is 11.8 Å². The van der Waals surface area contributed by atoms with Gasteiger partial charge in [0.2, 0.25) is 0 Å². The molecule has 2 saturated heterocycles. The van der Waals surface area contributed by atoms with Crippen LogP contribution in [0.1, 0.15) is 62.5 Å². The van der Waals surface area contributed by atoms with Crippen molar-refractivity contribution in [1.29, 1.82) is 0 Å². The Kier molecular flexibility index (Phi) is 9.75. The molecular formula is C33H38N4O6S. The largest absolute Gasteiger partial charge is 0.497 e. The molecule has 11 heteroatoms. The minimum atomic E-state index is -3.33. The summed E-state index contributed by atoms with van der Waals surface area (Å²) in [6.07, 6.45) is 5.31. The van der Waals surface area contributed by atoms with E-state index < -0.39 is 9.84 Å². The molecule has 3 heterocycles. The Hall–Kier alpha value is -4.09. The Balaban J connectivity index is 1.07. The predicted octanol–water partition coefficient (Wildman–Crippen LogP) is 3.62. The number of nitrogens with zero attached hydrogens (tertiary/aromatic N) is 3. The highest BCUT2D eigenvalue weighted by atomic mass is 32.2. The number of sulfone groups is 1. The van der Waals surface area contributed by atoms with E-state index in [1.54, 1.807) is 36.3 Å². The molecule has 5 rings (SSSR count). The van der Waals surface area contributed by atoms with Crippen LogP contribution in [0.4, 0.5) is 0 Å². The molecular weight excluding hydrogens is 580 g/mol. The minimum Gasteiger partial charge on any atom is -0.497 e. The highest BCUT2D eigenvalue weighted by Crippen LogP contribution is 2.24. The second-order valence-electron chi connectivity index (χ2n) is 11.5. The van der Waals surface area contributed by atoms with Crippen LogP contribution in [-0.2, 0) is 16.4 Å². The summed E-state index contributed by atoms with van der Waals surface area (Å²) in [5.41, 5.74) is 2.37. The van der Waals surface area contributed by atoms with E-state index >= 15 is 0 Å². The van der Waals surface area contributed by atoms with Gasteiger partial charge in [0, 0.05) is 62.7 Å². The van der Waals surface area contributed by atoms with E-state index in [0.717, 1.165) is 44.5 Å². The highest BCUT2D eigenvalue weighted by molar-refractivity contribution is 7.90. The van der Waals surface area contributed by atoms with Crippen LogP contribution in [0.25, 0.3) is 0 Å². The third kappa shape index (κ3) is 7.70. The Morgan fingerprint density at radius 3 is 2.07 bits per heavy atom. The summed E-state index contributed by atoms with van der Waals surface area (Å²) in [6.45, 7) is 3.48. The van der Waals surface area contributed by atoms with Gasteiger partial charge in [-0.3, -0.25) is 24.3 Å². The first-order valence-corrected chi connectivity index (χ1v) is 16.8. The summed E-state index contributed by atoms with van der Waals surface area (Å²) in [4.78, 5) is 47.4. The lowest BCUT2D eigenvalue weighted by Gasteiger charge is -2.32. The molecule has 2 fully saturated rings. The average Bonchev–Trinajstić information content (AvgIpc) is 3.05. The first kappa shape index (κ1) is 31.3. The Morgan fingerprint density at radius 2 is 1.50 bits per heavy atom. The van der Waals surface area contributed by atoms with Gasteiger partial charge in [-0.25, -0.2) is 8.42 Å². The fourth-order valence-corrected chi connectivity index (χ4v) is 6.40. The second kappa shape index (κ2) is 13.7. The zero-order valence-corrected chi connectivity index (χ0v) is 25.9. The molecule has 0 bridgehead atoms. The summed E-state index contributed by atoms with van der Waals surface area (Å²) in [5, 5.41) is 3.08. The summed E-state index contributed by atoms with van der Waals surface area (Å²) in [7, 11) is -1.67. The number of carbonyl (C=O) groups is 3. The van der Waals surface area contributed by atoms with Gasteiger partial charge in [-0.2, -0.15) is 0 Å². The van der Waals surface area contributed by atoms with Gasteiger partial charge in [-0.15, -0.1) is 0 Å². The third-order valence-corrected chi connectivity index (χ3v) is 9.58. The molecule has 1 N–H and O–H groups in total. The molecule has 0 atom stereocenters. The molecule has 10 nitrogen and oxygen atoms in total. The molecule has 0 aliphatic carbocycles. The molecule has 3 aromatic rings. The van der Waals surface area contributed by atoms with Gasteiger partial charge in [-0.05, 0) is 67.6 Å². The number of Topliss-reactive ketones (excluding diaryl/α,β-unsaturated/α-hetero) is 1. The lowest BCUT2D eigenvalue weighted by Crippen LogP contribution is -2.44. The van der Waals surface area contributed by atoms with E-state index in [4.69, 9.17) is 4.74 Å². The van der Waals surface area contributed by atoms with Crippen LogP contribution in [-0.4, -0.2) is 86.4 Å². The topological polar surface area (TPSA) is 126 Å². The number of likely N-dealkylation sites (tertiary alicyclic amines) is 2. The van der Waals surface area contributed by atoms with Crippen LogP contribution >= 0.6 is 0 Å². The summed E-state index contributed by atoms with van der Waals surface area (Å²) in [5.74, 6) is 0.130. The number of benzene rings is 2. The number of piperidine rings is 2. The molecule has 44 heavy (non-hydrogen) atoms. The molecule has 0 spiro atoms. The predicted molar refractivity (Wildman–Crippen MR) is 166 cm³/mol. The van der Waals surface area contributed by atoms with E-state index in [9.17, 15) is 22.8 Å². The van der Waals surface area contributed by atoms with Crippen LogP contribution in [0, 0.1) is 5.92 Å². The molecule has 1 aromatic heterocycles. The molecule has 2 amide bonds. The van der Waals surface area contributed by atoms with E-state index in [1.165, 1.54) is 23.9 Å². The van der Waals surface area contributed by atoms with Crippen LogP contribution in [0.5, 0.6) is 5.75 Å². The number of pyridine rings is 1. The number of carbonyl (C=O) groups excluding carboxylic acids is 3.